The number of carbonyl (C=O) groups is 1. The van der Waals surface area contributed by atoms with Gasteiger partial charge in [0, 0.05) is 37.6 Å². The largest absolute Gasteiger partial charge is 0.339 e. The molecule has 3 heterocycles. The third kappa shape index (κ3) is 4.77. The summed E-state index contributed by atoms with van der Waals surface area (Å²) in [6, 6.07) is 10.2. The lowest BCUT2D eigenvalue weighted by Gasteiger charge is -2.34. The van der Waals surface area contributed by atoms with Gasteiger partial charge in [0.15, 0.2) is 5.82 Å². The van der Waals surface area contributed by atoms with E-state index in [2.05, 4.69) is 15.1 Å². The molecule has 1 aliphatic heterocycles. The molecule has 1 aromatic carbocycles. The van der Waals surface area contributed by atoms with Gasteiger partial charge in [-0.15, -0.1) is 21.5 Å². The van der Waals surface area contributed by atoms with Crippen LogP contribution in [0.15, 0.2) is 41.6 Å². The van der Waals surface area contributed by atoms with Crippen LogP contribution in [0.25, 0.3) is 11.4 Å². The molecule has 1 saturated heterocycles. The van der Waals surface area contributed by atoms with Crippen molar-refractivity contribution in [2.75, 3.05) is 37.8 Å². The first-order valence-electron chi connectivity index (χ1n) is 9.34. The maximum absolute atomic E-state index is 14.0. The number of nitrogens with zero attached hydrogens (tertiary/aromatic N) is 5. The monoisotopic (exact) mass is 466 g/mol. The van der Waals surface area contributed by atoms with Crippen molar-refractivity contribution in [1.29, 1.82) is 0 Å². The van der Waals surface area contributed by atoms with E-state index in [9.17, 15) is 9.18 Å². The van der Waals surface area contributed by atoms with Crippen molar-refractivity contribution < 1.29 is 9.18 Å². The summed E-state index contributed by atoms with van der Waals surface area (Å²) in [7, 11) is 0. The Kier molecular flexibility index (Phi) is 6.57. The maximum Gasteiger partial charge on any atom is 0.233 e. The van der Waals surface area contributed by atoms with Gasteiger partial charge in [-0.3, -0.25) is 9.69 Å². The Hall–Kier alpha value is -2.14. The fraction of sp³-hybridized carbons (Fsp3) is 0.316. The molecule has 1 fully saturated rings. The number of carbonyl (C=O) groups excluding carboxylic acids is 1. The fourth-order valence-electron chi connectivity index (χ4n) is 3.23. The number of amides is 1. The van der Waals surface area contributed by atoms with Crippen LogP contribution in [-0.2, 0) is 11.3 Å². The normalized spacial score (nSPS) is 14.9. The van der Waals surface area contributed by atoms with Gasteiger partial charge < -0.3 is 10.7 Å². The van der Waals surface area contributed by atoms with Gasteiger partial charge in [0.25, 0.3) is 0 Å². The third-order valence-corrected chi connectivity index (χ3v) is 6.98. The van der Waals surface area contributed by atoms with E-state index in [1.807, 2.05) is 17.0 Å². The minimum atomic E-state index is -0.424. The minimum absolute atomic E-state index is 0.0225. The van der Waals surface area contributed by atoms with Crippen LogP contribution in [0, 0.1) is 5.82 Å². The molecule has 158 valence electrons. The molecule has 0 aliphatic carbocycles. The molecule has 1 aliphatic rings. The van der Waals surface area contributed by atoms with Crippen molar-refractivity contribution in [3.63, 3.8) is 0 Å². The highest BCUT2D eigenvalue weighted by Crippen LogP contribution is 2.25. The zero-order valence-electron chi connectivity index (χ0n) is 16.0. The summed E-state index contributed by atoms with van der Waals surface area (Å²) in [4.78, 5) is 18.0. The van der Waals surface area contributed by atoms with E-state index in [0.29, 0.717) is 18.2 Å². The molecule has 0 saturated carbocycles. The highest BCUT2D eigenvalue weighted by Gasteiger charge is 2.23. The second kappa shape index (κ2) is 9.34. The Morgan fingerprint density at radius 3 is 2.63 bits per heavy atom. The first-order chi connectivity index (χ1) is 14.5. The lowest BCUT2D eigenvalue weighted by molar-refractivity contribution is -0.130. The van der Waals surface area contributed by atoms with E-state index in [0.717, 1.165) is 24.0 Å². The molecule has 0 spiro atoms. The van der Waals surface area contributed by atoms with Gasteiger partial charge in [0.1, 0.15) is 5.82 Å². The topological polar surface area (TPSA) is 80.3 Å². The highest BCUT2D eigenvalue weighted by atomic mass is 35.5. The van der Waals surface area contributed by atoms with Gasteiger partial charge in [-0.2, -0.15) is 0 Å². The molecule has 30 heavy (non-hydrogen) atoms. The molecule has 0 radical (unpaired) electrons. The first kappa shape index (κ1) is 21.1. The summed E-state index contributed by atoms with van der Waals surface area (Å²) in [5.41, 5.74) is 0.272. The number of thiophene rings is 1. The average Bonchev–Trinajstić information content (AvgIpc) is 3.32. The standard InChI is InChI=1S/C19H20ClFN6OS2/c20-16-6-5-13(30-16)11-25-7-9-26(10-8-25)17(28)12-29-19-24-23-18(27(19)22)14-3-1-2-4-15(14)21/h1-6H,7-12,22H2. The number of nitrogen functional groups attached to an aromatic ring is 1. The SMILES string of the molecule is Nn1c(SCC(=O)N2CCN(Cc3ccc(Cl)s3)CC2)nnc1-c1ccccc1F. The molecule has 4 rings (SSSR count). The fourth-order valence-corrected chi connectivity index (χ4v) is 5.12. The van der Waals surface area contributed by atoms with Crippen molar-refractivity contribution in [2.45, 2.75) is 11.7 Å². The summed E-state index contributed by atoms with van der Waals surface area (Å²) >= 11 is 8.78. The lowest BCUT2D eigenvalue weighted by atomic mass is 10.2. The smallest absolute Gasteiger partial charge is 0.233 e. The number of halogens is 2. The average molecular weight is 467 g/mol. The summed E-state index contributed by atoms with van der Waals surface area (Å²) in [5.74, 6) is 6.05. The molecular weight excluding hydrogens is 447 g/mol. The van der Waals surface area contributed by atoms with Crippen LogP contribution in [0.4, 0.5) is 4.39 Å². The Balaban J connectivity index is 1.29. The van der Waals surface area contributed by atoms with Crippen LogP contribution in [0.2, 0.25) is 4.34 Å². The summed E-state index contributed by atoms with van der Waals surface area (Å²) in [6.45, 7) is 3.83. The van der Waals surface area contributed by atoms with Crippen molar-refractivity contribution in [3.05, 3.63) is 51.4 Å². The van der Waals surface area contributed by atoms with Gasteiger partial charge in [0.2, 0.25) is 11.1 Å². The zero-order valence-corrected chi connectivity index (χ0v) is 18.4. The number of rotatable bonds is 6. The second-order valence-electron chi connectivity index (χ2n) is 6.81. The molecule has 11 heteroatoms. The summed E-state index contributed by atoms with van der Waals surface area (Å²) in [6.07, 6.45) is 0. The molecule has 0 bridgehead atoms. The molecule has 7 nitrogen and oxygen atoms in total. The summed E-state index contributed by atoms with van der Waals surface area (Å²) < 4.78 is 16.0. The quantitative estimate of drug-likeness (QED) is 0.444. The first-order valence-corrected chi connectivity index (χ1v) is 11.5. The van der Waals surface area contributed by atoms with Gasteiger partial charge in [0.05, 0.1) is 15.7 Å². The molecule has 0 unspecified atom stereocenters. The van der Waals surface area contributed by atoms with Crippen molar-refractivity contribution in [1.82, 2.24) is 24.7 Å². The number of thioether (sulfide) groups is 1. The number of piperazine rings is 1. The molecule has 1 amide bonds. The van der Waals surface area contributed by atoms with Gasteiger partial charge in [-0.25, -0.2) is 9.07 Å². The van der Waals surface area contributed by atoms with Crippen molar-refractivity contribution >= 4 is 40.6 Å². The molecule has 2 N–H and O–H groups in total. The molecule has 3 aromatic rings. The van der Waals surface area contributed by atoms with Crippen molar-refractivity contribution in [3.8, 4) is 11.4 Å². The van der Waals surface area contributed by atoms with E-state index >= 15 is 0 Å². The third-order valence-electron chi connectivity index (χ3n) is 4.84. The Morgan fingerprint density at radius 1 is 1.17 bits per heavy atom. The van der Waals surface area contributed by atoms with Gasteiger partial charge >= 0.3 is 0 Å². The van der Waals surface area contributed by atoms with E-state index < -0.39 is 5.82 Å². The Bertz CT molecular complexity index is 1030. The highest BCUT2D eigenvalue weighted by molar-refractivity contribution is 7.99. The predicted molar refractivity (Wildman–Crippen MR) is 117 cm³/mol. The van der Waals surface area contributed by atoms with Crippen LogP contribution in [0.5, 0.6) is 0 Å². The minimum Gasteiger partial charge on any atom is -0.339 e. The maximum atomic E-state index is 14.0. The number of hydrogen-bond acceptors (Lipinski definition) is 7. The number of benzene rings is 1. The van der Waals surface area contributed by atoms with Crippen LogP contribution >= 0.6 is 34.7 Å². The van der Waals surface area contributed by atoms with Crippen LogP contribution < -0.4 is 5.84 Å². The van der Waals surface area contributed by atoms with Crippen molar-refractivity contribution in [2.24, 2.45) is 0 Å². The molecular formula is C19H20ClFN6OS2. The Morgan fingerprint density at radius 2 is 1.93 bits per heavy atom. The van der Waals surface area contributed by atoms with E-state index in [4.69, 9.17) is 17.4 Å². The van der Waals surface area contributed by atoms with Gasteiger partial charge in [-0.05, 0) is 24.3 Å². The number of nitrogens with two attached hydrogens (primary N) is 1. The van der Waals surface area contributed by atoms with Gasteiger partial charge in [-0.1, -0.05) is 35.5 Å². The Labute approximate surface area is 186 Å². The molecule has 0 atom stereocenters. The summed E-state index contributed by atoms with van der Waals surface area (Å²) in [5, 5.41) is 8.35. The van der Waals surface area contributed by atoms with Crippen LogP contribution in [0.3, 0.4) is 0 Å². The molecule has 2 aromatic heterocycles. The second-order valence-corrected chi connectivity index (χ2v) is 9.55. The lowest BCUT2D eigenvalue weighted by Crippen LogP contribution is -2.48. The number of aromatic nitrogens is 3. The van der Waals surface area contributed by atoms with Crippen LogP contribution in [0.1, 0.15) is 4.88 Å². The van der Waals surface area contributed by atoms with E-state index in [1.165, 1.54) is 27.4 Å². The van der Waals surface area contributed by atoms with E-state index in [1.54, 1.807) is 29.5 Å². The van der Waals surface area contributed by atoms with E-state index in [-0.39, 0.29) is 23.0 Å². The predicted octanol–water partition coefficient (Wildman–Crippen LogP) is 2.95. The number of hydrogen-bond donors (Lipinski definition) is 1. The zero-order chi connectivity index (χ0) is 21.1. The van der Waals surface area contributed by atoms with Crippen LogP contribution in [-0.4, -0.2) is 62.5 Å².